The van der Waals surface area contributed by atoms with Crippen molar-refractivity contribution < 1.29 is 38.8 Å². The molecule has 0 saturated carbocycles. The van der Waals surface area contributed by atoms with Crippen LogP contribution in [-0.2, 0) is 38.4 Å². The Morgan fingerprint density at radius 3 is 2.19 bits per heavy atom. The van der Waals surface area contributed by atoms with Gasteiger partial charge < -0.3 is 0 Å². The number of hydrogen-bond donors (Lipinski definition) is 1. The predicted octanol–water partition coefficient (Wildman–Crippen LogP) is 5.07. The number of halogens is 5. The number of benzene rings is 3. The van der Waals surface area contributed by atoms with Gasteiger partial charge in [0.1, 0.15) is 0 Å². The highest BCUT2D eigenvalue weighted by Crippen LogP contribution is 2.34. The van der Waals surface area contributed by atoms with Crippen LogP contribution in [-0.4, -0.2) is 23.4 Å². The van der Waals surface area contributed by atoms with E-state index in [-0.39, 0.29) is 23.5 Å². The van der Waals surface area contributed by atoms with Crippen molar-refractivity contribution >= 4 is 31.4 Å². The van der Waals surface area contributed by atoms with Crippen LogP contribution < -0.4 is 9.03 Å². The highest BCUT2D eigenvalue weighted by Gasteiger charge is 2.31. The van der Waals surface area contributed by atoms with Gasteiger partial charge in [-0.05, 0) is 66.4 Å². The molecule has 0 atom stereocenters. The Kier molecular flexibility index (Phi) is 6.73. The number of aryl methyl sites for hydroxylation is 1. The Morgan fingerprint density at radius 1 is 0.861 bits per heavy atom. The molecule has 0 amide bonds. The third kappa shape index (κ3) is 5.46. The third-order valence-electron chi connectivity index (χ3n) is 5.58. The molecule has 0 fully saturated rings. The Bertz CT molecular complexity index is 1510. The molecular weight excluding hydrogens is 527 g/mol. The van der Waals surface area contributed by atoms with Crippen LogP contribution in [0.4, 0.5) is 33.3 Å². The van der Waals surface area contributed by atoms with E-state index in [0.717, 1.165) is 34.6 Å². The number of nitrogens with zero attached hydrogens (tertiary/aromatic N) is 1. The zero-order valence-corrected chi connectivity index (χ0v) is 20.0. The van der Waals surface area contributed by atoms with Gasteiger partial charge >= 0.3 is 6.18 Å². The summed E-state index contributed by atoms with van der Waals surface area (Å²) in [5, 5.41) is 0. The number of fused-ring (bicyclic) bond motifs is 1. The van der Waals surface area contributed by atoms with Crippen molar-refractivity contribution in [1.29, 1.82) is 0 Å². The number of rotatable bonds is 6. The van der Waals surface area contributed by atoms with Gasteiger partial charge in [-0.15, -0.1) is 0 Å². The van der Waals surface area contributed by atoms with Crippen molar-refractivity contribution in [2.75, 3.05) is 15.6 Å². The van der Waals surface area contributed by atoms with E-state index >= 15 is 0 Å². The van der Waals surface area contributed by atoms with E-state index in [1.165, 1.54) is 12.1 Å². The van der Waals surface area contributed by atoms with Crippen LogP contribution in [0.1, 0.15) is 23.1 Å². The van der Waals surface area contributed by atoms with Crippen LogP contribution in [0.15, 0.2) is 65.6 Å². The molecule has 36 heavy (non-hydrogen) atoms. The normalized spacial score (nSPS) is 14.4. The summed E-state index contributed by atoms with van der Waals surface area (Å²) in [7, 11) is -8.35. The summed E-state index contributed by atoms with van der Waals surface area (Å²) < 4.78 is 120. The lowest BCUT2D eigenvalue weighted by atomic mass is 10.0. The maximum absolute atomic E-state index is 13.5. The van der Waals surface area contributed by atoms with Crippen LogP contribution in [0, 0.1) is 11.6 Å². The second-order valence-electron chi connectivity index (χ2n) is 8.15. The molecule has 1 heterocycles. The molecule has 192 valence electrons. The molecule has 4 rings (SSSR count). The van der Waals surface area contributed by atoms with Gasteiger partial charge in [0.25, 0.3) is 10.0 Å². The average Bonchev–Trinajstić information content (AvgIpc) is 2.79. The summed E-state index contributed by atoms with van der Waals surface area (Å²) in [5.41, 5.74) is 0.108. The molecule has 0 saturated heterocycles. The average molecular weight is 547 g/mol. The number of sulfonamides is 2. The molecule has 1 aliphatic heterocycles. The summed E-state index contributed by atoms with van der Waals surface area (Å²) in [6.07, 6.45) is -3.54. The first kappa shape index (κ1) is 25.9. The molecule has 13 heteroatoms. The van der Waals surface area contributed by atoms with Crippen molar-refractivity contribution in [1.82, 2.24) is 0 Å². The van der Waals surface area contributed by atoms with E-state index < -0.39 is 54.1 Å². The Balaban J connectivity index is 1.61. The van der Waals surface area contributed by atoms with Crippen LogP contribution in [0.25, 0.3) is 0 Å². The molecule has 0 spiro atoms. The molecule has 0 radical (unpaired) electrons. The fraction of sp³-hybridized carbons (Fsp3) is 0.217. The second-order valence-corrected chi connectivity index (χ2v) is 11.7. The van der Waals surface area contributed by atoms with E-state index in [1.54, 1.807) is 6.07 Å². The third-order valence-corrected chi connectivity index (χ3v) is 8.71. The first-order chi connectivity index (χ1) is 16.8. The van der Waals surface area contributed by atoms with E-state index in [9.17, 15) is 38.8 Å². The van der Waals surface area contributed by atoms with E-state index in [0.29, 0.717) is 30.5 Å². The van der Waals surface area contributed by atoms with Crippen molar-refractivity contribution in [3.63, 3.8) is 0 Å². The first-order valence-corrected chi connectivity index (χ1v) is 13.6. The largest absolute Gasteiger partial charge is 0.416 e. The highest BCUT2D eigenvalue weighted by atomic mass is 32.2. The number of nitrogens with one attached hydrogen (secondary N) is 1. The summed E-state index contributed by atoms with van der Waals surface area (Å²) in [4.78, 5) is -0.522. The van der Waals surface area contributed by atoms with E-state index in [4.69, 9.17) is 0 Å². The van der Waals surface area contributed by atoms with Crippen LogP contribution in [0.2, 0.25) is 0 Å². The minimum atomic E-state index is -4.55. The van der Waals surface area contributed by atoms with Crippen molar-refractivity contribution in [3.8, 4) is 0 Å². The maximum atomic E-state index is 13.5. The summed E-state index contributed by atoms with van der Waals surface area (Å²) in [5.74, 6) is -3.12. The molecule has 3 aromatic carbocycles. The summed E-state index contributed by atoms with van der Waals surface area (Å²) in [6.45, 7) is 0.0926. The highest BCUT2D eigenvalue weighted by molar-refractivity contribution is 7.92. The first-order valence-electron chi connectivity index (χ1n) is 10.5. The molecule has 1 N–H and O–H groups in total. The lowest BCUT2D eigenvalue weighted by Gasteiger charge is -2.31. The molecule has 0 bridgehead atoms. The zero-order chi connectivity index (χ0) is 26.3. The zero-order valence-electron chi connectivity index (χ0n) is 18.4. The number of anilines is 2. The summed E-state index contributed by atoms with van der Waals surface area (Å²) in [6, 6.07) is 10.2. The Labute approximate surface area is 204 Å². The van der Waals surface area contributed by atoms with Gasteiger partial charge in [-0.25, -0.2) is 25.6 Å². The molecular formula is C23H19F5N2O4S2. The lowest BCUT2D eigenvalue weighted by molar-refractivity contribution is -0.137. The van der Waals surface area contributed by atoms with Crippen LogP contribution in [0.5, 0.6) is 0 Å². The fourth-order valence-electron chi connectivity index (χ4n) is 3.83. The Morgan fingerprint density at radius 2 is 1.56 bits per heavy atom. The number of alkyl halides is 3. The smallest absolute Gasteiger partial charge is 0.280 e. The van der Waals surface area contributed by atoms with Crippen molar-refractivity contribution in [2.24, 2.45) is 0 Å². The maximum Gasteiger partial charge on any atom is 0.416 e. The molecule has 3 aromatic rings. The van der Waals surface area contributed by atoms with Crippen LogP contribution >= 0.6 is 0 Å². The minimum absolute atomic E-state index is 0.00452. The summed E-state index contributed by atoms with van der Waals surface area (Å²) >= 11 is 0. The Hall–Kier alpha value is -3.19. The molecule has 6 nitrogen and oxygen atoms in total. The number of hydrogen-bond acceptors (Lipinski definition) is 4. The monoisotopic (exact) mass is 546 g/mol. The van der Waals surface area contributed by atoms with Gasteiger partial charge in [0.05, 0.1) is 27.6 Å². The van der Waals surface area contributed by atoms with Gasteiger partial charge in [-0.1, -0.05) is 18.2 Å². The van der Waals surface area contributed by atoms with E-state index in [1.807, 2.05) is 0 Å². The van der Waals surface area contributed by atoms with Crippen molar-refractivity contribution in [3.05, 3.63) is 89.0 Å². The standard InChI is InChI=1S/C23H19F5N2O4S2/c24-20-10-9-19(13-21(20)25)36(33,34)29-18-8-5-16-2-1-11-30(22(16)12-18)35(31,32)14-15-3-6-17(7-4-15)23(26,27)28/h3-10,12-13,29H,1-2,11,14H2. The lowest BCUT2D eigenvalue weighted by Crippen LogP contribution is -2.36. The predicted molar refractivity (Wildman–Crippen MR) is 123 cm³/mol. The van der Waals surface area contributed by atoms with Crippen molar-refractivity contribution in [2.45, 2.75) is 29.7 Å². The van der Waals surface area contributed by atoms with Gasteiger partial charge in [-0.2, -0.15) is 13.2 Å². The van der Waals surface area contributed by atoms with Gasteiger partial charge in [0, 0.05) is 6.54 Å². The second kappa shape index (κ2) is 9.36. The SMILES string of the molecule is O=S(=O)(Nc1ccc2c(c1)N(S(=O)(=O)Cc1ccc(C(F)(F)F)cc1)CCC2)c1ccc(F)c(F)c1. The topological polar surface area (TPSA) is 83.6 Å². The van der Waals surface area contributed by atoms with Gasteiger partial charge in [0.2, 0.25) is 10.0 Å². The molecule has 0 unspecified atom stereocenters. The molecule has 0 aromatic heterocycles. The van der Waals surface area contributed by atoms with Crippen LogP contribution in [0.3, 0.4) is 0 Å². The van der Waals surface area contributed by atoms with E-state index in [2.05, 4.69) is 4.72 Å². The quantitative estimate of drug-likeness (QED) is 0.438. The van der Waals surface area contributed by atoms with Gasteiger partial charge in [-0.3, -0.25) is 9.03 Å². The van der Waals surface area contributed by atoms with Gasteiger partial charge in [0.15, 0.2) is 11.6 Å². The molecule has 1 aliphatic rings. The fourth-order valence-corrected chi connectivity index (χ4v) is 6.54. The minimum Gasteiger partial charge on any atom is -0.280 e. The molecule has 0 aliphatic carbocycles.